The third-order valence-electron chi connectivity index (χ3n) is 3.56. The van der Waals surface area contributed by atoms with E-state index < -0.39 is 0 Å². The van der Waals surface area contributed by atoms with Gasteiger partial charge in [0.2, 0.25) is 0 Å². The molecule has 2 rings (SSSR count). The first-order chi connectivity index (χ1) is 11.9. The number of aromatic nitrogens is 2. The van der Waals surface area contributed by atoms with Gasteiger partial charge in [0.25, 0.3) is 0 Å². The Morgan fingerprint density at radius 3 is 2.56 bits per heavy atom. The molecule has 0 unspecified atom stereocenters. The Hall–Kier alpha value is -2.93. The summed E-state index contributed by atoms with van der Waals surface area (Å²) in [7, 11) is 5.60. The van der Waals surface area contributed by atoms with Crippen LogP contribution in [0.1, 0.15) is 12.1 Å². The van der Waals surface area contributed by atoms with Gasteiger partial charge in [-0.15, -0.1) is 0 Å². The Balaban J connectivity index is 2.26. The number of nitrogen functional groups attached to an aromatic ring is 1. The zero-order valence-electron chi connectivity index (χ0n) is 14.9. The molecule has 0 aliphatic carbocycles. The first-order valence-electron chi connectivity index (χ1n) is 7.84. The number of methoxy groups -OCH3 is 1. The Bertz CT molecular complexity index is 768. The van der Waals surface area contributed by atoms with Gasteiger partial charge in [0, 0.05) is 24.2 Å². The predicted octanol–water partition coefficient (Wildman–Crippen LogP) is 1.91. The number of hydrogen-bond donors (Lipinski definition) is 2. The standard InChI is InChI=1S/C18H24N6O/c1-12(9-10-24(2)3)22-18(20)16-17(19)21-11-15(23-16)13-5-7-14(25-4)8-6-13/h5-8,11H,1,9-10H2,2-4H3,(H2,19,21)(H2,20,22). The molecule has 0 fully saturated rings. The Morgan fingerprint density at radius 2 is 1.96 bits per heavy atom. The fourth-order valence-electron chi connectivity index (χ4n) is 2.12. The summed E-state index contributed by atoms with van der Waals surface area (Å²) in [6.07, 6.45) is 2.31. The van der Waals surface area contributed by atoms with Crippen molar-refractivity contribution in [2.45, 2.75) is 6.42 Å². The summed E-state index contributed by atoms with van der Waals surface area (Å²) in [6.45, 7) is 4.76. The molecule has 0 bridgehead atoms. The van der Waals surface area contributed by atoms with E-state index in [4.69, 9.17) is 16.2 Å². The first-order valence-corrected chi connectivity index (χ1v) is 7.84. The molecular formula is C18H24N6O. The highest BCUT2D eigenvalue weighted by molar-refractivity contribution is 6.00. The largest absolute Gasteiger partial charge is 0.497 e. The summed E-state index contributed by atoms with van der Waals surface area (Å²) in [5.74, 6) is 1.22. The average Bonchev–Trinajstić information content (AvgIpc) is 2.60. The second-order valence-corrected chi connectivity index (χ2v) is 5.83. The van der Waals surface area contributed by atoms with Gasteiger partial charge >= 0.3 is 0 Å². The molecule has 1 aromatic heterocycles. The Labute approximate surface area is 148 Å². The molecule has 0 spiro atoms. The lowest BCUT2D eigenvalue weighted by atomic mass is 10.1. The molecule has 0 radical (unpaired) electrons. The van der Waals surface area contributed by atoms with E-state index >= 15 is 0 Å². The first kappa shape index (κ1) is 18.4. The van der Waals surface area contributed by atoms with E-state index in [0.717, 1.165) is 17.9 Å². The number of anilines is 1. The molecule has 0 amide bonds. The summed E-state index contributed by atoms with van der Waals surface area (Å²) in [4.78, 5) is 15.1. The zero-order valence-corrected chi connectivity index (χ0v) is 14.9. The lowest BCUT2D eigenvalue weighted by molar-refractivity contribution is 0.412. The highest BCUT2D eigenvalue weighted by atomic mass is 16.5. The third kappa shape index (κ3) is 5.02. The van der Waals surface area contributed by atoms with E-state index in [1.165, 1.54) is 0 Å². The zero-order chi connectivity index (χ0) is 18.4. The van der Waals surface area contributed by atoms with E-state index in [1.54, 1.807) is 13.3 Å². The van der Waals surface area contributed by atoms with Gasteiger partial charge in [-0.25, -0.2) is 15.0 Å². The van der Waals surface area contributed by atoms with E-state index in [9.17, 15) is 0 Å². The second kappa shape index (κ2) is 8.25. The van der Waals surface area contributed by atoms with Crippen LogP contribution in [0, 0.1) is 0 Å². The maximum atomic E-state index is 6.07. The van der Waals surface area contributed by atoms with E-state index in [-0.39, 0.29) is 11.7 Å². The SMILES string of the molecule is C=C(CCN(C)C)N=C(N)c1nc(-c2ccc(OC)cc2)cnc1N. The number of rotatable bonds is 7. The number of nitrogens with two attached hydrogens (primary N) is 2. The van der Waals surface area contributed by atoms with Crippen LogP contribution in [0.2, 0.25) is 0 Å². The molecule has 4 N–H and O–H groups in total. The Morgan fingerprint density at radius 1 is 1.28 bits per heavy atom. The van der Waals surface area contributed by atoms with Gasteiger partial charge in [-0.3, -0.25) is 0 Å². The van der Waals surface area contributed by atoms with Gasteiger partial charge in [0.05, 0.1) is 19.0 Å². The molecule has 1 aromatic carbocycles. The molecular weight excluding hydrogens is 316 g/mol. The van der Waals surface area contributed by atoms with Crippen LogP contribution in [0.15, 0.2) is 47.7 Å². The van der Waals surface area contributed by atoms with Crippen molar-refractivity contribution in [1.82, 2.24) is 14.9 Å². The molecule has 2 aromatic rings. The topological polar surface area (TPSA) is 103 Å². The average molecular weight is 340 g/mol. The molecule has 7 nitrogen and oxygen atoms in total. The van der Waals surface area contributed by atoms with Crippen LogP contribution in [0.25, 0.3) is 11.3 Å². The number of aliphatic imine (C=N–C) groups is 1. The number of amidine groups is 1. The van der Waals surface area contributed by atoms with Crippen molar-refractivity contribution in [3.63, 3.8) is 0 Å². The minimum absolute atomic E-state index is 0.212. The van der Waals surface area contributed by atoms with Gasteiger partial charge in [0.15, 0.2) is 11.7 Å². The molecule has 0 saturated carbocycles. The predicted molar refractivity (Wildman–Crippen MR) is 101 cm³/mol. The number of benzene rings is 1. The van der Waals surface area contributed by atoms with Crippen molar-refractivity contribution in [3.8, 4) is 17.0 Å². The molecule has 0 atom stereocenters. The van der Waals surface area contributed by atoms with E-state index in [0.29, 0.717) is 23.5 Å². The molecule has 1 heterocycles. The van der Waals surface area contributed by atoms with Crippen molar-refractivity contribution < 1.29 is 4.74 Å². The van der Waals surface area contributed by atoms with Crippen LogP contribution >= 0.6 is 0 Å². The molecule has 0 saturated heterocycles. The number of hydrogen-bond acceptors (Lipinski definition) is 6. The summed E-state index contributed by atoms with van der Waals surface area (Å²) in [5.41, 5.74) is 14.6. The van der Waals surface area contributed by atoms with Gasteiger partial charge in [0.1, 0.15) is 11.4 Å². The number of ether oxygens (including phenoxy) is 1. The summed E-state index contributed by atoms with van der Waals surface area (Å²) >= 11 is 0. The molecule has 0 aliphatic heterocycles. The van der Waals surface area contributed by atoms with Crippen molar-refractivity contribution in [3.05, 3.63) is 48.4 Å². The monoisotopic (exact) mass is 340 g/mol. The maximum Gasteiger partial charge on any atom is 0.153 e. The van der Waals surface area contributed by atoms with E-state index in [1.807, 2.05) is 38.4 Å². The fraction of sp³-hybridized carbons (Fsp3) is 0.278. The third-order valence-corrected chi connectivity index (χ3v) is 3.56. The van der Waals surface area contributed by atoms with Crippen molar-refractivity contribution >= 4 is 11.7 Å². The molecule has 132 valence electrons. The normalized spacial score (nSPS) is 11.6. The van der Waals surface area contributed by atoms with Gasteiger partial charge < -0.3 is 21.1 Å². The van der Waals surface area contributed by atoms with Gasteiger partial charge in [-0.1, -0.05) is 6.58 Å². The van der Waals surface area contributed by atoms with E-state index in [2.05, 4.69) is 26.4 Å². The number of nitrogens with zero attached hydrogens (tertiary/aromatic N) is 4. The van der Waals surface area contributed by atoms with Crippen LogP contribution < -0.4 is 16.2 Å². The van der Waals surface area contributed by atoms with Crippen LogP contribution in [0.5, 0.6) is 5.75 Å². The lowest BCUT2D eigenvalue weighted by Gasteiger charge is -2.10. The van der Waals surface area contributed by atoms with Crippen LogP contribution in [-0.4, -0.2) is 48.5 Å². The van der Waals surface area contributed by atoms with Crippen LogP contribution in [0.3, 0.4) is 0 Å². The van der Waals surface area contributed by atoms with Crippen molar-refractivity contribution in [1.29, 1.82) is 0 Å². The summed E-state index contributed by atoms with van der Waals surface area (Å²) < 4.78 is 5.16. The fourth-order valence-corrected chi connectivity index (χ4v) is 2.12. The van der Waals surface area contributed by atoms with Crippen molar-refractivity contribution in [2.24, 2.45) is 10.7 Å². The molecule has 25 heavy (non-hydrogen) atoms. The smallest absolute Gasteiger partial charge is 0.153 e. The Kier molecular flexibility index (Phi) is 6.08. The second-order valence-electron chi connectivity index (χ2n) is 5.83. The maximum absolute atomic E-state index is 6.07. The van der Waals surface area contributed by atoms with Crippen LogP contribution in [0.4, 0.5) is 5.82 Å². The quantitative estimate of drug-likeness (QED) is 0.589. The van der Waals surface area contributed by atoms with Crippen molar-refractivity contribution in [2.75, 3.05) is 33.5 Å². The van der Waals surface area contributed by atoms with Gasteiger partial charge in [-0.05, 0) is 38.4 Å². The minimum atomic E-state index is 0.212. The molecule has 0 aliphatic rings. The summed E-state index contributed by atoms with van der Waals surface area (Å²) in [5, 5.41) is 0. The van der Waals surface area contributed by atoms with Gasteiger partial charge in [-0.2, -0.15) is 0 Å². The highest BCUT2D eigenvalue weighted by Gasteiger charge is 2.11. The lowest BCUT2D eigenvalue weighted by Crippen LogP contribution is -2.19. The summed E-state index contributed by atoms with van der Waals surface area (Å²) in [6, 6.07) is 7.50. The molecule has 7 heteroatoms. The highest BCUT2D eigenvalue weighted by Crippen LogP contribution is 2.21. The minimum Gasteiger partial charge on any atom is -0.497 e. The van der Waals surface area contributed by atoms with Crippen LogP contribution in [-0.2, 0) is 0 Å².